The summed E-state index contributed by atoms with van der Waals surface area (Å²) in [7, 11) is 0. The van der Waals surface area contributed by atoms with Gasteiger partial charge in [-0.15, -0.1) is 0 Å². The molecule has 2 aromatic heterocycles. The number of nitrogens with one attached hydrogen (secondary N) is 2. The van der Waals surface area contributed by atoms with E-state index in [1.54, 1.807) is 6.20 Å². The molecule has 0 aliphatic heterocycles. The van der Waals surface area contributed by atoms with Crippen molar-refractivity contribution in [1.29, 1.82) is 0 Å². The van der Waals surface area contributed by atoms with Crippen LogP contribution >= 0.6 is 0 Å². The van der Waals surface area contributed by atoms with Crippen molar-refractivity contribution in [2.45, 2.75) is 19.9 Å². The van der Waals surface area contributed by atoms with Crippen LogP contribution in [0.15, 0.2) is 42.9 Å². The zero-order valence-electron chi connectivity index (χ0n) is 11.3. The van der Waals surface area contributed by atoms with Gasteiger partial charge in [0.1, 0.15) is 0 Å². The molecule has 0 bridgehead atoms. The van der Waals surface area contributed by atoms with Gasteiger partial charge in [0.2, 0.25) is 0 Å². The molecule has 0 unspecified atom stereocenters. The van der Waals surface area contributed by atoms with Gasteiger partial charge in [-0.25, -0.2) is 0 Å². The van der Waals surface area contributed by atoms with Crippen LogP contribution in [0.4, 0.5) is 5.69 Å². The molecule has 0 radical (unpaired) electrons. The van der Waals surface area contributed by atoms with E-state index >= 15 is 0 Å². The van der Waals surface area contributed by atoms with Crippen LogP contribution in [0.25, 0.3) is 0 Å². The lowest BCUT2D eigenvalue weighted by Gasteiger charge is -2.07. The number of pyridine rings is 2. The smallest absolute Gasteiger partial charge is 0.0393 e. The summed E-state index contributed by atoms with van der Waals surface area (Å²) < 4.78 is 0. The summed E-state index contributed by atoms with van der Waals surface area (Å²) in [4.78, 5) is 8.26. The predicted molar refractivity (Wildman–Crippen MR) is 78.0 cm³/mol. The Kier molecular flexibility index (Phi) is 5.31. The summed E-state index contributed by atoms with van der Waals surface area (Å²) >= 11 is 0. The summed E-state index contributed by atoms with van der Waals surface area (Å²) in [6.45, 7) is 4.83. The first kappa shape index (κ1) is 13.5. The Hall–Kier alpha value is -1.94. The van der Waals surface area contributed by atoms with E-state index in [2.05, 4.69) is 32.7 Å². The number of hydrogen-bond donors (Lipinski definition) is 2. The number of aryl methyl sites for hydroxylation is 1. The molecular weight excluding hydrogens is 236 g/mol. The quantitative estimate of drug-likeness (QED) is 0.747. The zero-order chi connectivity index (χ0) is 13.3. The Labute approximate surface area is 114 Å². The maximum absolute atomic E-state index is 4.17. The van der Waals surface area contributed by atoms with E-state index in [1.807, 2.05) is 31.5 Å². The molecule has 4 heteroatoms. The summed E-state index contributed by atoms with van der Waals surface area (Å²) in [6.07, 6.45) is 6.61. The largest absolute Gasteiger partial charge is 0.385 e. The fraction of sp³-hybridized carbons (Fsp3) is 0.333. The van der Waals surface area contributed by atoms with E-state index in [1.165, 1.54) is 5.56 Å². The van der Waals surface area contributed by atoms with E-state index in [9.17, 15) is 0 Å². The number of hydrogen-bond acceptors (Lipinski definition) is 4. The average Bonchev–Trinajstić information content (AvgIpc) is 2.44. The highest BCUT2D eigenvalue weighted by atomic mass is 14.9. The highest BCUT2D eigenvalue weighted by Crippen LogP contribution is 2.06. The standard InChI is InChI=1S/C15H20N4/c1-13-10-15(5-9-18-13)19-8-3-7-17-12-14-4-2-6-16-11-14/h2,4-6,9-11,17H,3,7-8,12H2,1H3,(H,18,19). The fourth-order valence-corrected chi connectivity index (χ4v) is 1.84. The molecular formula is C15H20N4. The summed E-state index contributed by atoms with van der Waals surface area (Å²) in [5.41, 5.74) is 3.40. The van der Waals surface area contributed by atoms with E-state index in [0.717, 1.165) is 37.4 Å². The molecule has 0 aromatic carbocycles. The van der Waals surface area contributed by atoms with Gasteiger partial charge < -0.3 is 10.6 Å². The normalized spacial score (nSPS) is 10.4. The average molecular weight is 256 g/mol. The number of aromatic nitrogens is 2. The van der Waals surface area contributed by atoms with Gasteiger partial charge in [0.25, 0.3) is 0 Å². The van der Waals surface area contributed by atoms with Gasteiger partial charge in [0.05, 0.1) is 0 Å². The maximum atomic E-state index is 4.17. The van der Waals surface area contributed by atoms with E-state index in [4.69, 9.17) is 0 Å². The molecule has 100 valence electrons. The second-order valence-electron chi connectivity index (χ2n) is 4.50. The lowest BCUT2D eigenvalue weighted by Crippen LogP contribution is -2.17. The van der Waals surface area contributed by atoms with Crippen molar-refractivity contribution in [3.05, 3.63) is 54.1 Å². The molecule has 0 saturated heterocycles. The molecule has 0 saturated carbocycles. The minimum Gasteiger partial charge on any atom is -0.385 e. The molecule has 0 fully saturated rings. The summed E-state index contributed by atoms with van der Waals surface area (Å²) in [5.74, 6) is 0. The lowest BCUT2D eigenvalue weighted by atomic mass is 10.3. The van der Waals surface area contributed by atoms with Crippen molar-refractivity contribution >= 4 is 5.69 Å². The van der Waals surface area contributed by atoms with Gasteiger partial charge in [-0.05, 0) is 43.7 Å². The highest BCUT2D eigenvalue weighted by molar-refractivity contribution is 5.42. The van der Waals surface area contributed by atoms with Crippen LogP contribution in [0, 0.1) is 6.92 Å². The summed E-state index contributed by atoms with van der Waals surface area (Å²) in [6, 6.07) is 8.10. The Morgan fingerprint density at radius 3 is 2.89 bits per heavy atom. The first-order chi connectivity index (χ1) is 9.34. The Bertz CT molecular complexity index is 485. The van der Waals surface area contributed by atoms with Gasteiger partial charge >= 0.3 is 0 Å². The molecule has 19 heavy (non-hydrogen) atoms. The van der Waals surface area contributed by atoms with Crippen LogP contribution in [0.5, 0.6) is 0 Å². The topological polar surface area (TPSA) is 49.8 Å². The molecule has 2 heterocycles. The van der Waals surface area contributed by atoms with E-state index in [-0.39, 0.29) is 0 Å². The second-order valence-corrected chi connectivity index (χ2v) is 4.50. The van der Waals surface area contributed by atoms with Crippen molar-refractivity contribution in [2.24, 2.45) is 0 Å². The van der Waals surface area contributed by atoms with Crippen LogP contribution in [0.2, 0.25) is 0 Å². The minimum absolute atomic E-state index is 0.877. The molecule has 0 spiro atoms. The monoisotopic (exact) mass is 256 g/mol. The van der Waals surface area contributed by atoms with E-state index in [0.29, 0.717) is 0 Å². The van der Waals surface area contributed by atoms with Crippen molar-refractivity contribution in [1.82, 2.24) is 15.3 Å². The first-order valence-corrected chi connectivity index (χ1v) is 6.61. The molecule has 0 aliphatic carbocycles. The van der Waals surface area contributed by atoms with Gasteiger partial charge in [0, 0.05) is 43.1 Å². The Balaban J connectivity index is 1.58. The molecule has 4 nitrogen and oxygen atoms in total. The van der Waals surface area contributed by atoms with Crippen molar-refractivity contribution in [3.8, 4) is 0 Å². The minimum atomic E-state index is 0.877. The van der Waals surface area contributed by atoms with Crippen LogP contribution in [0.1, 0.15) is 17.7 Å². The zero-order valence-corrected chi connectivity index (χ0v) is 11.3. The van der Waals surface area contributed by atoms with Crippen LogP contribution in [0.3, 0.4) is 0 Å². The lowest BCUT2D eigenvalue weighted by molar-refractivity contribution is 0.662. The first-order valence-electron chi connectivity index (χ1n) is 6.61. The van der Waals surface area contributed by atoms with E-state index < -0.39 is 0 Å². The van der Waals surface area contributed by atoms with Gasteiger partial charge in [-0.3, -0.25) is 9.97 Å². The second kappa shape index (κ2) is 7.48. The third-order valence-electron chi connectivity index (χ3n) is 2.81. The van der Waals surface area contributed by atoms with Crippen LogP contribution in [-0.4, -0.2) is 23.1 Å². The molecule has 2 N–H and O–H groups in total. The summed E-state index contributed by atoms with van der Waals surface area (Å²) in [5, 5.41) is 6.80. The molecule has 0 aliphatic rings. The van der Waals surface area contributed by atoms with Crippen molar-refractivity contribution in [2.75, 3.05) is 18.4 Å². The van der Waals surface area contributed by atoms with Crippen LogP contribution < -0.4 is 10.6 Å². The third kappa shape index (κ3) is 5.06. The van der Waals surface area contributed by atoms with Gasteiger partial charge in [-0.2, -0.15) is 0 Å². The highest BCUT2D eigenvalue weighted by Gasteiger charge is 1.94. The molecule has 0 amide bonds. The van der Waals surface area contributed by atoms with Crippen molar-refractivity contribution in [3.63, 3.8) is 0 Å². The molecule has 2 rings (SSSR count). The Morgan fingerprint density at radius 1 is 1.16 bits per heavy atom. The van der Waals surface area contributed by atoms with Gasteiger partial charge in [-0.1, -0.05) is 6.07 Å². The maximum Gasteiger partial charge on any atom is 0.0393 e. The predicted octanol–water partition coefficient (Wildman–Crippen LogP) is 2.38. The Morgan fingerprint density at radius 2 is 2.11 bits per heavy atom. The number of anilines is 1. The molecule has 0 atom stereocenters. The SMILES string of the molecule is Cc1cc(NCCCNCc2cccnc2)ccn1. The van der Waals surface area contributed by atoms with Crippen molar-refractivity contribution < 1.29 is 0 Å². The van der Waals surface area contributed by atoms with Gasteiger partial charge in [0.15, 0.2) is 0 Å². The number of rotatable bonds is 7. The molecule has 2 aromatic rings. The number of nitrogens with zero attached hydrogens (tertiary/aromatic N) is 2. The fourth-order valence-electron chi connectivity index (χ4n) is 1.84. The van der Waals surface area contributed by atoms with Crippen LogP contribution in [-0.2, 0) is 6.54 Å². The third-order valence-corrected chi connectivity index (χ3v) is 2.81.